The van der Waals surface area contributed by atoms with E-state index in [-0.39, 0.29) is 6.04 Å². The van der Waals surface area contributed by atoms with E-state index in [0.29, 0.717) is 17.3 Å². The number of anilines is 1. The molecular formula is C15H13F3N2O. The minimum Gasteiger partial charge on any atom is -0.324 e. The normalized spacial score (nSPS) is 12.0. The van der Waals surface area contributed by atoms with Crippen molar-refractivity contribution in [2.45, 2.75) is 13.0 Å². The number of para-hydroxylation sites is 1. The lowest BCUT2D eigenvalue weighted by molar-refractivity contribution is 0.102. The number of benzene rings is 2. The number of carbonyl (C=O) groups is 1. The molecular weight excluding hydrogens is 281 g/mol. The molecule has 0 saturated carbocycles. The van der Waals surface area contributed by atoms with Crippen LogP contribution in [0.15, 0.2) is 36.4 Å². The molecule has 1 atom stereocenters. The molecule has 2 aromatic rings. The topological polar surface area (TPSA) is 55.1 Å². The van der Waals surface area contributed by atoms with E-state index in [1.165, 1.54) is 0 Å². The molecule has 0 radical (unpaired) electrons. The van der Waals surface area contributed by atoms with Crippen LogP contribution in [0, 0.1) is 17.5 Å². The molecule has 0 heterocycles. The molecule has 0 aromatic heterocycles. The lowest BCUT2D eigenvalue weighted by atomic mass is 10.1. The standard InChI is InChI=1S/C15H13F3N2O/c1-8(19)9-4-2-3-5-12(9)20-15(21)10-6-7-11(16)14(18)13(10)17/h2-8H,19H2,1H3,(H,20,21). The zero-order valence-corrected chi connectivity index (χ0v) is 11.2. The van der Waals surface area contributed by atoms with Gasteiger partial charge in [-0.3, -0.25) is 4.79 Å². The number of hydrogen-bond donors (Lipinski definition) is 2. The zero-order chi connectivity index (χ0) is 15.6. The average molecular weight is 294 g/mol. The molecule has 0 aliphatic rings. The van der Waals surface area contributed by atoms with E-state index in [1.807, 2.05) is 0 Å². The van der Waals surface area contributed by atoms with Crippen molar-refractivity contribution in [1.29, 1.82) is 0 Å². The summed E-state index contributed by atoms with van der Waals surface area (Å²) in [7, 11) is 0. The van der Waals surface area contributed by atoms with E-state index in [1.54, 1.807) is 31.2 Å². The largest absolute Gasteiger partial charge is 0.324 e. The summed E-state index contributed by atoms with van der Waals surface area (Å²) in [5.41, 5.74) is 6.23. The number of hydrogen-bond acceptors (Lipinski definition) is 2. The molecule has 0 aliphatic heterocycles. The predicted octanol–water partition coefficient (Wildman–Crippen LogP) is 3.38. The zero-order valence-electron chi connectivity index (χ0n) is 11.2. The van der Waals surface area contributed by atoms with E-state index < -0.39 is 28.9 Å². The molecule has 2 rings (SSSR count). The summed E-state index contributed by atoms with van der Waals surface area (Å²) in [4.78, 5) is 12.0. The van der Waals surface area contributed by atoms with Gasteiger partial charge in [-0.1, -0.05) is 18.2 Å². The SMILES string of the molecule is CC(N)c1ccccc1NC(=O)c1ccc(F)c(F)c1F. The Hall–Kier alpha value is -2.34. The fraction of sp³-hybridized carbons (Fsp3) is 0.133. The van der Waals surface area contributed by atoms with Crippen LogP contribution in [0.4, 0.5) is 18.9 Å². The highest BCUT2D eigenvalue weighted by Gasteiger charge is 2.19. The van der Waals surface area contributed by atoms with Gasteiger partial charge in [-0.25, -0.2) is 13.2 Å². The van der Waals surface area contributed by atoms with Gasteiger partial charge in [0.05, 0.1) is 5.56 Å². The number of carbonyl (C=O) groups excluding carboxylic acids is 1. The van der Waals surface area contributed by atoms with E-state index in [9.17, 15) is 18.0 Å². The maximum absolute atomic E-state index is 13.6. The van der Waals surface area contributed by atoms with Crippen LogP contribution in [0.1, 0.15) is 28.9 Å². The quantitative estimate of drug-likeness (QED) is 0.853. The summed E-state index contributed by atoms with van der Waals surface area (Å²) in [6.45, 7) is 1.73. The Morgan fingerprint density at radius 1 is 1.10 bits per heavy atom. The Labute approximate surface area is 119 Å². The third-order valence-corrected chi connectivity index (χ3v) is 2.98. The maximum Gasteiger partial charge on any atom is 0.258 e. The summed E-state index contributed by atoms with van der Waals surface area (Å²) in [5.74, 6) is -5.42. The van der Waals surface area contributed by atoms with E-state index in [2.05, 4.69) is 5.32 Å². The Balaban J connectivity index is 2.33. The molecule has 0 bridgehead atoms. The Morgan fingerprint density at radius 2 is 1.76 bits per heavy atom. The lowest BCUT2D eigenvalue weighted by Crippen LogP contribution is -2.18. The highest BCUT2D eigenvalue weighted by molar-refractivity contribution is 6.04. The Morgan fingerprint density at radius 3 is 2.43 bits per heavy atom. The van der Waals surface area contributed by atoms with Gasteiger partial charge in [0.2, 0.25) is 0 Å². The Bertz CT molecular complexity index is 687. The van der Waals surface area contributed by atoms with Gasteiger partial charge >= 0.3 is 0 Å². The number of rotatable bonds is 3. The second-order valence-electron chi connectivity index (χ2n) is 4.55. The maximum atomic E-state index is 13.6. The van der Waals surface area contributed by atoms with Gasteiger partial charge in [-0.05, 0) is 30.7 Å². The van der Waals surface area contributed by atoms with Crippen molar-refractivity contribution in [3.63, 3.8) is 0 Å². The first kappa shape index (κ1) is 15.1. The highest BCUT2D eigenvalue weighted by atomic mass is 19.2. The van der Waals surface area contributed by atoms with Crippen molar-refractivity contribution in [3.8, 4) is 0 Å². The second-order valence-corrected chi connectivity index (χ2v) is 4.55. The van der Waals surface area contributed by atoms with Crippen LogP contribution in [0.3, 0.4) is 0 Å². The summed E-state index contributed by atoms with van der Waals surface area (Å²) in [6.07, 6.45) is 0. The van der Waals surface area contributed by atoms with Gasteiger partial charge in [-0.2, -0.15) is 0 Å². The average Bonchev–Trinajstić information content (AvgIpc) is 2.45. The van der Waals surface area contributed by atoms with Crippen molar-refractivity contribution >= 4 is 11.6 Å². The van der Waals surface area contributed by atoms with Crippen molar-refractivity contribution in [2.75, 3.05) is 5.32 Å². The Kier molecular flexibility index (Phi) is 4.28. The van der Waals surface area contributed by atoms with Gasteiger partial charge in [-0.15, -0.1) is 0 Å². The third-order valence-electron chi connectivity index (χ3n) is 2.98. The molecule has 0 fully saturated rings. The van der Waals surface area contributed by atoms with Crippen molar-refractivity contribution in [3.05, 3.63) is 65.0 Å². The van der Waals surface area contributed by atoms with Gasteiger partial charge in [0.1, 0.15) is 0 Å². The van der Waals surface area contributed by atoms with Crippen molar-refractivity contribution in [2.24, 2.45) is 5.73 Å². The summed E-state index contributed by atoms with van der Waals surface area (Å²) in [5, 5.41) is 2.45. The second kappa shape index (κ2) is 5.97. The molecule has 2 aromatic carbocycles. The van der Waals surface area contributed by atoms with E-state index in [4.69, 9.17) is 5.73 Å². The first-order chi connectivity index (χ1) is 9.91. The molecule has 1 amide bonds. The molecule has 0 saturated heterocycles. The number of amides is 1. The van der Waals surface area contributed by atoms with Crippen LogP contribution in [-0.4, -0.2) is 5.91 Å². The highest BCUT2D eigenvalue weighted by Crippen LogP contribution is 2.22. The molecule has 0 spiro atoms. The number of nitrogens with one attached hydrogen (secondary N) is 1. The molecule has 6 heteroatoms. The van der Waals surface area contributed by atoms with Crippen LogP contribution in [0.2, 0.25) is 0 Å². The molecule has 0 aliphatic carbocycles. The molecule has 3 nitrogen and oxygen atoms in total. The fourth-order valence-electron chi connectivity index (χ4n) is 1.90. The fourth-order valence-corrected chi connectivity index (χ4v) is 1.90. The molecule has 3 N–H and O–H groups in total. The van der Waals surface area contributed by atoms with Crippen LogP contribution >= 0.6 is 0 Å². The van der Waals surface area contributed by atoms with Crippen LogP contribution in [0.5, 0.6) is 0 Å². The van der Waals surface area contributed by atoms with Crippen LogP contribution in [-0.2, 0) is 0 Å². The number of nitrogens with two attached hydrogens (primary N) is 1. The molecule has 1 unspecified atom stereocenters. The van der Waals surface area contributed by atoms with Crippen molar-refractivity contribution < 1.29 is 18.0 Å². The van der Waals surface area contributed by atoms with E-state index >= 15 is 0 Å². The minimum atomic E-state index is -1.68. The molecule has 21 heavy (non-hydrogen) atoms. The first-order valence-corrected chi connectivity index (χ1v) is 6.21. The summed E-state index contributed by atoms with van der Waals surface area (Å²) in [6, 6.07) is 7.95. The van der Waals surface area contributed by atoms with Gasteiger partial charge < -0.3 is 11.1 Å². The number of halogens is 3. The third kappa shape index (κ3) is 3.05. The van der Waals surface area contributed by atoms with Crippen LogP contribution in [0.25, 0.3) is 0 Å². The minimum absolute atomic E-state index is 0.351. The predicted molar refractivity (Wildman–Crippen MR) is 73.3 cm³/mol. The lowest BCUT2D eigenvalue weighted by Gasteiger charge is -2.14. The monoisotopic (exact) mass is 294 g/mol. The van der Waals surface area contributed by atoms with Gasteiger partial charge in [0, 0.05) is 11.7 Å². The van der Waals surface area contributed by atoms with Gasteiger partial charge in [0.15, 0.2) is 17.5 Å². The first-order valence-electron chi connectivity index (χ1n) is 6.21. The summed E-state index contributed by atoms with van der Waals surface area (Å²) < 4.78 is 39.6. The van der Waals surface area contributed by atoms with Gasteiger partial charge in [0.25, 0.3) is 5.91 Å². The van der Waals surface area contributed by atoms with Crippen LogP contribution < -0.4 is 11.1 Å². The smallest absolute Gasteiger partial charge is 0.258 e. The van der Waals surface area contributed by atoms with Crippen molar-refractivity contribution in [1.82, 2.24) is 0 Å². The van der Waals surface area contributed by atoms with E-state index in [0.717, 1.165) is 6.07 Å². The summed E-state index contributed by atoms with van der Waals surface area (Å²) >= 11 is 0. The molecule has 110 valence electrons.